The average molecular weight is 431 g/mol. The van der Waals surface area contributed by atoms with Crippen LogP contribution in [-0.2, 0) is 17.4 Å². The minimum absolute atomic E-state index is 0.0254. The van der Waals surface area contributed by atoms with Gasteiger partial charge in [0.15, 0.2) is 5.65 Å². The molecule has 0 spiro atoms. The number of carbonyl (C=O) groups is 1. The van der Waals surface area contributed by atoms with Crippen LogP contribution in [0.5, 0.6) is 0 Å². The van der Waals surface area contributed by atoms with Crippen molar-refractivity contribution < 1.29 is 18.0 Å². The Kier molecular flexibility index (Phi) is 6.11. The van der Waals surface area contributed by atoms with Gasteiger partial charge in [0.05, 0.1) is 11.5 Å². The van der Waals surface area contributed by atoms with Crippen molar-refractivity contribution in [1.82, 2.24) is 19.9 Å². The molecular weight excluding hydrogens is 407 g/mol. The van der Waals surface area contributed by atoms with Gasteiger partial charge in [-0.05, 0) is 43.4 Å². The molecule has 1 atom stereocenters. The quantitative estimate of drug-likeness (QED) is 0.605. The predicted molar refractivity (Wildman–Crippen MR) is 111 cm³/mol. The zero-order chi connectivity index (χ0) is 21.8. The Bertz CT molecular complexity index is 1030. The second kappa shape index (κ2) is 8.95. The summed E-state index contributed by atoms with van der Waals surface area (Å²) >= 11 is 0. The number of halogens is 3. The van der Waals surface area contributed by atoms with E-state index in [9.17, 15) is 18.0 Å². The largest absolute Gasteiger partial charge is 0.417 e. The fourth-order valence-corrected chi connectivity index (χ4v) is 3.93. The number of benzene rings is 1. The van der Waals surface area contributed by atoms with E-state index in [1.807, 2.05) is 23.1 Å². The van der Waals surface area contributed by atoms with Crippen LogP contribution in [0.25, 0.3) is 5.65 Å². The second-order valence-electron chi connectivity index (χ2n) is 7.81. The molecule has 1 aliphatic rings. The average Bonchev–Trinajstić information content (AvgIpc) is 3.20. The first-order chi connectivity index (χ1) is 14.9. The molecule has 1 N–H and O–H groups in total. The number of nitrogens with one attached hydrogen (secondary N) is 1. The molecule has 1 fully saturated rings. The van der Waals surface area contributed by atoms with Crippen LogP contribution in [0.1, 0.15) is 30.4 Å². The predicted octanol–water partition coefficient (Wildman–Crippen LogP) is 3.71. The first-order valence-corrected chi connectivity index (χ1v) is 10.4. The van der Waals surface area contributed by atoms with Crippen LogP contribution in [0.3, 0.4) is 0 Å². The number of aryl methyl sites for hydroxylation is 1. The van der Waals surface area contributed by atoms with Crippen molar-refractivity contribution >= 4 is 17.5 Å². The molecule has 1 saturated heterocycles. The van der Waals surface area contributed by atoms with Crippen LogP contribution in [0.4, 0.5) is 19.1 Å². The number of hydrogen-bond donors (Lipinski definition) is 1. The van der Waals surface area contributed by atoms with Gasteiger partial charge >= 0.3 is 6.18 Å². The number of rotatable bonds is 6. The van der Waals surface area contributed by atoms with E-state index >= 15 is 0 Å². The minimum atomic E-state index is -4.44. The van der Waals surface area contributed by atoms with E-state index in [2.05, 4.69) is 27.6 Å². The highest BCUT2D eigenvalue weighted by atomic mass is 19.4. The number of hydrogen-bond acceptors (Lipinski definition) is 4. The van der Waals surface area contributed by atoms with Gasteiger partial charge in [-0.1, -0.05) is 30.3 Å². The van der Waals surface area contributed by atoms with Crippen molar-refractivity contribution in [3.05, 3.63) is 59.8 Å². The molecular formula is C22H24F3N5O. The summed E-state index contributed by atoms with van der Waals surface area (Å²) in [6.45, 7) is 1.61. The summed E-state index contributed by atoms with van der Waals surface area (Å²) in [5.41, 5.74) is 0.818. The molecule has 3 aromatic rings. The molecule has 1 aliphatic heterocycles. The number of carbonyl (C=O) groups excluding carboxylic acids is 1. The van der Waals surface area contributed by atoms with Crippen LogP contribution >= 0.6 is 0 Å². The van der Waals surface area contributed by atoms with Gasteiger partial charge in [-0.25, -0.2) is 0 Å². The van der Waals surface area contributed by atoms with Crippen LogP contribution < -0.4 is 10.2 Å². The molecule has 6 nitrogen and oxygen atoms in total. The molecule has 0 radical (unpaired) electrons. The Labute approximate surface area is 178 Å². The highest BCUT2D eigenvalue weighted by Gasteiger charge is 2.32. The van der Waals surface area contributed by atoms with Crippen molar-refractivity contribution in [2.45, 2.75) is 31.9 Å². The van der Waals surface area contributed by atoms with Crippen molar-refractivity contribution in [3.8, 4) is 0 Å². The molecule has 9 heteroatoms. The van der Waals surface area contributed by atoms with E-state index in [1.54, 1.807) is 0 Å². The Morgan fingerprint density at radius 3 is 2.71 bits per heavy atom. The van der Waals surface area contributed by atoms with Gasteiger partial charge < -0.3 is 10.2 Å². The molecule has 4 rings (SSSR count). The molecule has 31 heavy (non-hydrogen) atoms. The van der Waals surface area contributed by atoms with Crippen LogP contribution in [0.2, 0.25) is 0 Å². The first-order valence-electron chi connectivity index (χ1n) is 10.4. The standard InChI is InChI=1S/C22H24F3N5O/c23-22(24,25)18-10-11-19-27-28-21(30(19)15-18)29-13-5-9-17(14-29)20(31)26-12-4-8-16-6-2-1-3-7-16/h1-3,6-7,10-11,15,17H,4-5,8-9,12-14H2,(H,26,31)/t17-/m0/s1. The van der Waals surface area contributed by atoms with Gasteiger partial charge in [0.2, 0.25) is 11.9 Å². The lowest BCUT2D eigenvalue weighted by molar-refractivity contribution is -0.137. The fraction of sp³-hybridized carbons (Fsp3) is 0.409. The topological polar surface area (TPSA) is 62.5 Å². The molecule has 0 bridgehead atoms. The van der Waals surface area contributed by atoms with Crippen molar-refractivity contribution in [2.24, 2.45) is 5.92 Å². The van der Waals surface area contributed by atoms with Crippen LogP contribution in [0.15, 0.2) is 48.7 Å². The van der Waals surface area contributed by atoms with E-state index in [0.29, 0.717) is 31.2 Å². The van der Waals surface area contributed by atoms with Crippen molar-refractivity contribution in [2.75, 3.05) is 24.5 Å². The normalized spacial score (nSPS) is 17.1. The summed E-state index contributed by atoms with van der Waals surface area (Å²) in [4.78, 5) is 14.5. The SMILES string of the molecule is O=C(NCCCc1ccccc1)[C@H]1CCCN(c2nnc3ccc(C(F)(F)F)cn23)C1. The first kappa shape index (κ1) is 21.1. The zero-order valence-electron chi connectivity index (χ0n) is 17.0. The smallest absolute Gasteiger partial charge is 0.356 e. The molecule has 0 unspecified atom stereocenters. The summed E-state index contributed by atoms with van der Waals surface area (Å²) in [6, 6.07) is 12.4. The lowest BCUT2D eigenvalue weighted by Gasteiger charge is -2.32. The lowest BCUT2D eigenvalue weighted by atomic mass is 9.97. The Hall–Kier alpha value is -3.10. The fourth-order valence-electron chi connectivity index (χ4n) is 3.93. The molecule has 1 amide bonds. The lowest BCUT2D eigenvalue weighted by Crippen LogP contribution is -2.44. The maximum absolute atomic E-state index is 13.1. The number of pyridine rings is 1. The zero-order valence-corrected chi connectivity index (χ0v) is 17.0. The van der Waals surface area contributed by atoms with Gasteiger partial charge in [-0.2, -0.15) is 13.2 Å². The van der Waals surface area contributed by atoms with Gasteiger partial charge in [-0.15, -0.1) is 10.2 Å². The molecule has 2 aromatic heterocycles. The maximum atomic E-state index is 13.1. The van der Waals surface area contributed by atoms with Gasteiger partial charge in [-0.3, -0.25) is 9.20 Å². The Morgan fingerprint density at radius 2 is 1.94 bits per heavy atom. The summed E-state index contributed by atoms with van der Waals surface area (Å²) < 4.78 is 40.6. The molecule has 164 valence electrons. The minimum Gasteiger partial charge on any atom is -0.356 e. The number of alkyl halides is 3. The van der Waals surface area contributed by atoms with Crippen molar-refractivity contribution in [1.29, 1.82) is 0 Å². The summed E-state index contributed by atoms with van der Waals surface area (Å²) in [7, 11) is 0. The molecule has 1 aromatic carbocycles. The van der Waals surface area contributed by atoms with Crippen molar-refractivity contribution in [3.63, 3.8) is 0 Å². The van der Waals surface area contributed by atoms with Crippen LogP contribution in [0, 0.1) is 5.92 Å². The Balaban J connectivity index is 1.37. The summed E-state index contributed by atoms with van der Waals surface area (Å²) in [5, 5.41) is 11.1. The van der Waals surface area contributed by atoms with E-state index in [1.165, 1.54) is 16.0 Å². The third-order valence-electron chi connectivity index (χ3n) is 5.57. The highest BCUT2D eigenvalue weighted by Crippen LogP contribution is 2.30. The number of fused-ring (bicyclic) bond motifs is 1. The third-order valence-corrected chi connectivity index (χ3v) is 5.57. The van der Waals surface area contributed by atoms with Crippen LogP contribution in [-0.4, -0.2) is 40.1 Å². The van der Waals surface area contributed by atoms with Gasteiger partial charge in [0.25, 0.3) is 0 Å². The number of aromatic nitrogens is 3. The monoisotopic (exact) mass is 431 g/mol. The van der Waals surface area contributed by atoms with E-state index < -0.39 is 11.7 Å². The molecule has 0 aliphatic carbocycles. The van der Waals surface area contributed by atoms with Gasteiger partial charge in [0, 0.05) is 25.8 Å². The Morgan fingerprint density at radius 1 is 1.13 bits per heavy atom. The number of anilines is 1. The maximum Gasteiger partial charge on any atom is 0.417 e. The number of amides is 1. The van der Waals surface area contributed by atoms with Gasteiger partial charge in [0.1, 0.15) is 0 Å². The van der Waals surface area contributed by atoms with E-state index in [-0.39, 0.29) is 11.8 Å². The molecule has 0 saturated carbocycles. The highest BCUT2D eigenvalue weighted by molar-refractivity contribution is 5.79. The summed E-state index contributed by atoms with van der Waals surface area (Å²) in [6.07, 6.45) is -0.189. The third kappa shape index (κ3) is 4.98. The second-order valence-corrected chi connectivity index (χ2v) is 7.81. The summed E-state index contributed by atoms with van der Waals surface area (Å²) in [5.74, 6) is 0.0777. The molecule has 3 heterocycles. The van der Waals surface area contributed by atoms with E-state index in [0.717, 1.165) is 37.9 Å². The van der Waals surface area contributed by atoms with E-state index in [4.69, 9.17) is 0 Å². The number of nitrogens with zero attached hydrogens (tertiary/aromatic N) is 4. The number of piperidine rings is 1.